The fourth-order valence-electron chi connectivity index (χ4n) is 3.94. The Morgan fingerprint density at radius 2 is 1.71 bits per heavy atom. The first-order valence-corrected chi connectivity index (χ1v) is 10.5. The predicted molar refractivity (Wildman–Crippen MR) is 113 cm³/mol. The highest BCUT2D eigenvalue weighted by atomic mass is 32.1. The molecule has 5 heterocycles. The number of aromatic nitrogens is 6. The van der Waals surface area contributed by atoms with Crippen molar-refractivity contribution < 1.29 is 9.59 Å². The summed E-state index contributed by atoms with van der Waals surface area (Å²) in [5, 5.41) is 14.0. The lowest BCUT2D eigenvalue weighted by Crippen LogP contribution is -2.31. The van der Waals surface area contributed by atoms with E-state index in [1.165, 1.54) is 16.2 Å². The van der Waals surface area contributed by atoms with Crippen molar-refractivity contribution in [1.82, 2.24) is 34.1 Å². The molecule has 6 rings (SSSR count). The van der Waals surface area contributed by atoms with Crippen molar-refractivity contribution in [2.24, 2.45) is 0 Å². The number of hydrogen-bond acceptors (Lipinski definition) is 7. The number of pyridine rings is 1. The SMILES string of the molecule is Cc1nc2ccccn2c1-c1nnc2sc(CCN3C(=O)c4ccccc4C3=O)nn12. The molecule has 0 N–H and O–H groups in total. The summed E-state index contributed by atoms with van der Waals surface area (Å²) in [4.78, 5) is 31.7. The molecule has 0 bridgehead atoms. The van der Waals surface area contributed by atoms with E-state index in [0.717, 1.165) is 22.0 Å². The summed E-state index contributed by atoms with van der Waals surface area (Å²) in [5.74, 6) is 0.0886. The number of hydrogen-bond donors (Lipinski definition) is 0. The maximum atomic E-state index is 12.6. The minimum absolute atomic E-state index is 0.259. The van der Waals surface area contributed by atoms with Gasteiger partial charge in [-0.1, -0.05) is 29.5 Å². The molecule has 5 aromatic rings. The van der Waals surface area contributed by atoms with E-state index < -0.39 is 0 Å². The lowest BCUT2D eigenvalue weighted by atomic mass is 10.1. The Balaban J connectivity index is 1.31. The van der Waals surface area contributed by atoms with Crippen molar-refractivity contribution in [1.29, 1.82) is 0 Å². The standard InChI is InChI=1S/C21H15N7O2S/c1-12-17(26-10-5-4-8-15(26)22-12)18-23-24-21-28(18)25-16(31-21)9-11-27-19(29)13-6-2-3-7-14(13)20(27)30/h2-8,10H,9,11H2,1H3. The van der Waals surface area contributed by atoms with Crippen molar-refractivity contribution >= 4 is 33.8 Å². The van der Waals surface area contributed by atoms with Gasteiger partial charge in [0, 0.05) is 19.2 Å². The Hall–Kier alpha value is -3.92. The second-order valence-corrected chi connectivity index (χ2v) is 8.29. The highest BCUT2D eigenvalue weighted by molar-refractivity contribution is 7.16. The van der Waals surface area contributed by atoms with Gasteiger partial charge in [0.2, 0.25) is 10.8 Å². The summed E-state index contributed by atoms with van der Waals surface area (Å²) in [5.41, 5.74) is 3.40. The van der Waals surface area contributed by atoms with Gasteiger partial charge >= 0.3 is 0 Å². The summed E-state index contributed by atoms with van der Waals surface area (Å²) < 4.78 is 3.66. The smallest absolute Gasteiger partial charge is 0.261 e. The summed E-state index contributed by atoms with van der Waals surface area (Å²) >= 11 is 1.40. The molecule has 1 aromatic carbocycles. The highest BCUT2D eigenvalue weighted by Gasteiger charge is 2.34. The van der Waals surface area contributed by atoms with Crippen LogP contribution >= 0.6 is 11.3 Å². The molecule has 0 radical (unpaired) electrons. The fraction of sp³-hybridized carbons (Fsp3) is 0.143. The van der Waals surface area contributed by atoms with Crippen molar-refractivity contribution in [3.8, 4) is 11.5 Å². The maximum absolute atomic E-state index is 12.6. The van der Waals surface area contributed by atoms with Crippen LogP contribution in [0.15, 0.2) is 48.7 Å². The average molecular weight is 429 g/mol. The normalized spacial score (nSPS) is 13.6. The molecule has 0 fully saturated rings. The number of imide groups is 1. The molecule has 1 aliphatic heterocycles. The van der Waals surface area contributed by atoms with Crippen LogP contribution in [-0.2, 0) is 6.42 Å². The maximum Gasteiger partial charge on any atom is 0.261 e. The van der Waals surface area contributed by atoms with Crippen LogP contribution in [0.4, 0.5) is 0 Å². The van der Waals surface area contributed by atoms with Crippen LogP contribution in [0.2, 0.25) is 0 Å². The zero-order chi connectivity index (χ0) is 21.1. The molecule has 152 valence electrons. The molecule has 4 aromatic heterocycles. The van der Waals surface area contributed by atoms with Gasteiger partial charge in [0.25, 0.3) is 11.8 Å². The summed E-state index contributed by atoms with van der Waals surface area (Å²) in [6, 6.07) is 12.7. The molecule has 0 spiro atoms. The molecule has 0 saturated carbocycles. The molecule has 1 aliphatic rings. The third-order valence-corrected chi connectivity index (χ3v) is 6.33. The van der Waals surface area contributed by atoms with E-state index in [0.29, 0.717) is 28.3 Å². The molecular weight excluding hydrogens is 414 g/mol. The van der Waals surface area contributed by atoms with Gasteiger partial charge in [0.1, 0.15) is 16.3 Å². The quantitative estimate of drug-likeness (QED) is 0.408. The highest BCUT2D eigenvalue weighted by Crippen LogP contribution is 2.27. The first-order chi connectivity index (χ1) is 15.1. The number of amides is 2. The van der Waals surface area contributed by atoms with Crippen LogP contribution in [0.25, 0.3) is 22.1 Å². The first kappa shape index (κ1) is 17.9. The summed E-state index contributed by atoms with van der Waals surface area (Å²) in [6.45, 7) is 2.19. The Kier molecular flexibility index (Phi) is 3.78. The minimum atomic E-state index is -0.259. The number of imidazole rings is 1. The largest absolute Gasteiger partial charge is 0.297 e. The number of benzene rings is 1. The molecule has 0 aliphatic carbocycles. The van der Waals surface area contributed by atoms with E-state index in [1.54, 1.807) is 28.8 Å². The van der Waals surface area contributed by atoms with Crippen molar-refractivity contribution in [3.05, 3.63) is 70.5 Å². The summed E-state index contributed by atoms with van der Waals surface area (Å²) in [7, 11) is 0. The average Bonchev–Trinajstić information content (AvgIpc) is 3.49. The van der Waals surface area contributed by atoms with E-state index >= 15 is 0 Å². The second-order valence-electron chi connectivity index (χ2n) is 7.25. The Morgan fingerprint density at radius 3 is 2.48 bits per heavy atom. The fourth-order valence-corrected chi connectivity index (χ4v) is 4.76. The second kappa shape index (κ2) is 6.54. The van der Waals surface area contributed by atoms with Crippen LogP contribution in [0.1, 0.15) is 31.4 Å². The molecule has 0 saturated heterocycles. The van der Waals surface area contributed by atoms with Crippen LogP contribution in [0.3, 0.4) is 0 Å². The van der Waals surface area contributed by atoms with E-state index in [9.17, 15) is 9.59 Å². The van der Waals surface area contributed by atoms with Gasteiger partial charge < -0.3 is 0 Å². The number of carbonyl (C=O) groups is 2. The third-order valence-electron chi connectivity index (χ3n) is 5.38. The minimum Gasteiger partial charge on any atom is -0.297 e. The zero-order valence-electron chi connectivity index (χ0n) is 16.4. The van der Waals surface area contributed by atoms with E-state index in [-0.39, 0.29) is 18.4 Å². The van der Waals surface area contributed by atoms with E-state index in [4.69, 9.17) is 0 Å². The Morgan fingerprint density at radius 1 is 0.968 bits per heavy atom. The van der Waals surface area contributed by atoms with Crippen LogP contribution < -0.4 is 0 Å². The van der Waals surface area contributed by atoms with Crippen LogP contribution in [0.5, 0.6) is 0 Å². The van der Waals surface area contributed by atoms with Gasteiger partial charge in [-0.3, -0.25) is 18.9 Å². The monoisotopic (exact) mass is 429 g/mol. The summed E-state index contributed by atoms with van der Waals surface area (Å²) in [6.07, 6.45) is 2.38. The number of carbonyl (C=O) groups excluding carboxylic acids is 2. The van der Waals surface area contributed by atoms with Crippen molar-refractivity contribution in [2.45, 2.75) is 13.3 Å². The van der Waals surface area contributed by atoms with Gasteiger partial charge in [-0.2, -0.15) is 9.61 Å². The molecule has 0 unspecified atom stereocenters. The topological polar surface area (TPSA) is 97.8 Å². The molecule has 2 amide bonds. The molecule has 9 nitrogen and oxygen atoms in total. The van der Waals surface area contributed by atoms with Gasteiger partial charge in [0.05, 0.1) is 16.8 Å². The molecule has 10 heteroatoms. The van der Waals surface area contributed by atoms with Gasteiger partial charge in [-0.05, 0) is 31.2 Å². The zero-order valence-corrected chi connectivity index (χ0v) is 17.2. The third kappa shape index (κ3) is 2.61. The Bertz CT molecular complexity index is 1480. The number of rotatable bonds is 4. The lowest BCUT2D eigenvalue weighted by molar-refractivity contribution is 0.0656. The van der Waals surface area contributed by atoms with Gasteiger partial charge in [-0.25, -0.2) is 4.98 Å². The van der Waals surface area contributed by atoms with E-state index in [2.05, 4.69) is 20.3 Å². The molecular formula is C21H15N7O2S. The number of fused-ring (bicyclic) bond motifs is 3. The predicted octanol–water partition coefficient (Wildman–Crippen LogP) is 2.65. The lowest BCUT2D eigenvalue weighted by Gasteiger charge is -2.12. The number of nitrogens with zero attached hydrogens (tertiary/aromatic N) is 7. The van der Waals surface area contributed by atoms with Gasteiger partial charge in [0.15, 0.2) is 0 Å². The number of aryl methyl sites for hydroxylation is 1. The molecule has 0 atom stereocenters. The van der Waals surface area contributed by atoms with E-state index in [1.807, 2.05) is 35.7 Å². The van der Waals surface area contributed by atoms with Crippen molar-refractivity contribution in [3.63, 3.8) is 0 Å². The Labute approximate surface area is 179 Å². The van der Waals surface area contributed by atoms with Gasteiger partial charge in [-0.15, -0.1) is 10.2 Å². The molecule has 31 heavy (non-hydrogen) atoms. The van der Waals surface area contributed by atoms with Crippen LogP contribution in [0, 0.1) is 6.92 Å². The van der Waals surface area contributed by atoms with Crippen LogP contribution in [-0.4, -0.2) is 52.5 Å². The van der Waals surface area contributed by atoms with Crippen molar-refractivity contribution in [2.75, 3.05) is 6.54 Å². The first-order valence-electron chi connectivity index (χ1n) is 9.72.